The molecule has 2 N–H and O–H groups in total. The van der Waals surface area contributed by atoms with Crippen molar-refractivity contribution < 1.29 is 4.79 Å². The van der Waals surface area contributed by atoms with Crippen molar-refractivity contribution in [3.8, 4) is 12.3 Å². The summed E-state index contributed by atoms with van der Waals surface area (Å²) >= 11 is 1.38. The predicted molar refractivity (Wildman–Crippen MR) is 128 cm³/mol. The van der Waals surface area contributed by atoms with Gasteiger partial charge in [0, 0.05) is 42.8 Å². The molecule has 0 saturated carbocycles. The first-order valence-electron chi connectivity index (χ1n) is 10.4. The van der Waals surface area contributed by atoms with Gasteiger partial charge in [-0.05, 0) is 43.7 Å². The molecular formula is C25H26N4OS. The predicted octanol–water partition coefficient (Wildman–Crippen LogP) is 4.05. The molecule has 5 nitrogen and oxygen atoms in total. The maximum Gasteiger partial charge on any atom is 0.257 e. The van der Waals surface area contributed by atoms with Gasteiger partial charge in [-0.25, -0.2) is 4.98 Å². The number of nitrogens with one attached hydrogen (secondary N) is 2. The number of carbonyl (C=O) groups is 1. The highest BCUT2D eigenvalue weighted by molar-refractivity contribution is 7.14. The summed E-state index contributed by atoms with van der Waals surface area (Å²) in [5.41, 5.74) is 4.03. The first-order chi connectivity index (χ1) is 15.0. The standard InChI is InChI=1S/C25H26N4OS/c1-4-25(3,20-9-5-18(2)6-10-20)22-17-31-24(27-22)28-23(30)19-7-11-21(12-8-19)29-15-13-26-14-16-29/h1,5-12,17,26H,13-16H2,2-3H3,(H,27,28,30). The van der Waals surface area contributed by atoms with Gasteiger partial charge in [0.15, 0.2) is 5.13 Å². The van der Waals surface area contributed by atoms with Gasteiger partial charge in [-0.1, -0.05) is 35.7 Å². The zero-order chi connectivity index (χ0) is 21.8. The van der Waals surface area contributed by atoms with Crippen LogP contribution < -0.4 is 15.5 Å². The van der Waals surface area contributed by atoms with Crippen molar-refractivity contribution in [2.45, 2.75) is 19.3 Å². The van der Waals surface area contributed by atoms with Gasteiger partial charge in [-0.15, -0.1) is 17.8 Å². The number of hydrogen-bond donors (Lipinski definition) is 2. The molecule has 1 amide bonds. The third kappa shape index (κ3) is 4.48. The molecular weight excluding hydrogens is 404 g/mol. The molecule has 1 saturated heterocycles. The Balaban J connectivity index is 1.47. The van der Waals surface area contributed by atoms with Crippen LogP contribution in [0.25, 0.3) is 0 Å². The van der Waals surface area contributed by atoms with Crippen molar-refractivity contribution in [2.24, 2.45) is 0 Å². The number of nitrogens with zero attached hydrogens (tertiary/aromatic N) is 2. The van der Waals surface area contributed by atoms with Gasteiger partial charge in [0.2, 0.25) is 0 Å². The summed E-state index contributed by atoms with van der Waals surface area (Å²) in [7, 11) is 0. The molecule has 1 unspecified atom stereocenters. The number of terminal acetylenes is 1. The molecule has 2 heterocycles. The minimum absolute atomic E-state index is 0.175. The lowest BCUT2D eigenvalue weighted by atomic mass is 9.80. The van der Waals surface area contributed by atoms with Crippen molar-refractivity contribution in [1.29, 1.82) is 0 Å². The van der Waals surface area contributed by atoms with E-state index in [0.717, 1.165) is 43.1 Å². The highest BCUT2D eigenvalue weighted by Gasteiger charge is 2.29. The molecule has 1 atom stereocenters. The van der Waals surface area contributed by atoms with Crippen LogP contribution in [0.2, 0.25) is 0 Å². The molecule has 6 heteroatoms. The number of thiazole rings is 1. The third-order valence-electron chi connectivity index (χ3n) is 5.77. The monoisotopic (exact) mass is 430 g/mol. The van der Waals surface area contributed by atoms with Gasteiger partial charge in [-0.2, -0.15) is 0 Å². The molecule has 4 rings (SSSR count). The fraction of sp³-hybridized carbons (Fsp3) is 0.280. The Hall–Kier alpha value is -3.14. The minimum atomic E-state index is -0.655. The van der Waals surface area contributed by atoms with Crippen molar-refractivity contribution in [3.63, 3.8) is 0 Å². The van der Waals surface area contributed by atoms with Crippen LogP contribution in [0.1, 0.15) is 34.1 Å². The Morgan fingerprint density at radius 1 is 1.16 bits per heavy atom. The lowest BCUT2D eigenvalue weighted by molar-refractivity contribution is 0.102. The van der Waals surface area contributed by atoms with E-state index >= 15 is 0 Å². The van der Waals surface area contributed by atoms with Gasteiger partial charge in [-0.3, -0.25) is 10.1 Å². The van der Waals surface area contributed by atoms with Gasteiger partial charge >= 0.3 is 0 Å². The van der Waals surface area contributed by atoms with Gasteiger partial charge in [0.25, 0.3) is 5.91 Å². The van der Waals surface area contributed by atoms with Crippen LogP contribution in [-0.2, 0) is 5.41 Å². The molecule has 31 heavy (non-hydrogen) atoms. The first kappa shape index (κ1) is 21.1. The van der Waals surface area contributed by atoms with Crippen LogP contribution in [0, 0.1) is 19.3 Å². The third-order valence-corrected chi connectivity index (χ3v) is 6.52. The second kappa shape index (κ2) is 8.93. The summed E-state index contributed by atoms with van der Waals surface area (Å²) in [6.45, 7) is 7.93. The van der Waals surface area contributed by atoms with Crippen molar-refractivity contribution in [2.75, 3.05) is 36.4 Å². The van der Waals surface area contributed by atoms with E-state index < -0.39 is 5.41 Å². The Bertz CT molecular complexity index is 1090. The van der Waals surface area contributed by atoms with Gasteiger partial charge < -0.3 is 10.2 Å². The molecule has 1 fully saturated rings. The van der Waals surface area contributed by atoms with Gasteiger partial charge in [0.1, 0.15) is 0 Å². The van der Waals surface area contributed by atoms with Crippen molar-refractivity contribution >= 4 is 28.1 Å². The van der Waals surface area contributed by atoms with E-state index in [2.05, 4.69) is 26.4 Å². The average molecular weight is 431 g/mol. The summed E-state index contributed by atoms with van der Waals surface area (Å²) in [4.78, 5) is 19.7. The Kier molecular flexibility index (Phi) is 6.08. The molecule has 1 aromatic heterocycles. The molecule has 0 radical (unpaired) electrons. The number of benzene rings is 2. The molecule has 3 aromatic rings. The molecule has 158 valence electrons. The van der Waals surface area contributed by atoms with Crippen molar-refractivity contribution in [3.05, 3.63) is 76.3 Å². The second-order valence-corrected chi connectivity index (χ2v) is 8.77. The van der Waals surface area contributed by atoms with E-state index in [4.69, 9.17) is 6.42 Å². The van der Waals surface area contributed by atoms with Crippen LogP contribution >= 0.6 is 11.3 Å². The second-order valence-electron chi connectivity index (χ2n) is 7.91. The zero-order valence-electron chi connectivity index (χ0n) is 17.8. The normalized spacial score (nSPS) is 15.7. The summed E-state index contributed by atoms with van der Waals surface area (Å²) in [5.74, 6) is 2.71. The Morgan fingerprint density at radius 3 is 2.48 bits per heavy atom. The Labute approximate surface area is 187 Å². The van der Waals surface area contributed by atoms with E-state index in [1.807, 2.05) is 67.8 Å². The quantitative estimate of drug-likeness (QED) is 0.600. The SMILES string of the molecule is C#CC(C)(c1ccc(C)cc1)c1csc(NC(=O)c2ccc(N3CCNCC3)cc2)n1. The Morgan fingerprint density at radius 2 is 1.84 bits per heavy atom. The number of aryl methyl sites for hydroxylation is 1. The molecule has 1 aliphatic rings. The van der Waals surface area contributed by atoms with Crippen molar-refractivity contribution in [1.82, 2.24) is 10.3 Å². The van der Waals surface area contributed by atoms with Crippen LogP contribution in [-0.4, -0.2) is 37.1 Å². The fourth-order valence-electron chi connectivity index (χ4n) is 3.67. The maximum atomic E-state index is 12.7. The van der Waals surface area contributed by atoms with Crippen LogP contribution in [0.3, 0.4) is 0 Å². The molecule has 0 spiro atoms. The topological polar surface area (TPSA) is 57.3 Å². The lowest BCUT2D eigenvalue weighted by Gasteiger charge is -2.29. The summed E-state index contributed by atoms with van der Waals surface area (Å²) in [6, 6.07) is 15.9. The number of carbonyl (C=O) groups excluding carboxylic acids is 1. The fourth-order valence-corrected chi connectivity index (χ4v) is 4.48. The van der Waals surface area contributed by atoms with Crippen LogP contribution in [0.5, 0.6) is 0 Å². The summed E-state index contributed by atoms with van der Waals surface area (Å²) < 4.78 is 0. The molecule has 1 aliphatic heterocycles. The average Bonchev–Trinajstić information content (AvgIpc) is 3.29. The van der Waals surface area contributed by atoms with E-state index in [9.17, 15) is 4.79 Å². The van der Waals surface area contributed by atoms with E-state index in [-0.39, 0.29) is 5.91 Å². The van der Waals surface area contributed by atoms with E-state index in [1.54, 1.807) is 0 Å². The summed E-state index contributed by atoms with van der Waals surface area (Å²) in [5, 5.41) is 8.72. The molecule has 0 aliphatic carbocycles. The largest absolute Gasteiger partial charge is 0.369 e. The number of hydrogen-bond acceptors (Lipinski definition) is 5. The minimum Gasteiger partial charge on any atom is -0.369 e. The van der Waals surface area contributed by atoms with Gasteiger partial charge in [0.05, 0.1) is 11.1 Å². The van der Waals surface area contributed by atoms with Crippen LogP contribution in [0.4, 0.5) is 10.8 Å². The summed E-state index contributed by atoms with van der Waals surface area (Å²) in [6.07, 6.45) is 5.91. The number of piperazine rings is 1. The first-order valence-corrected chi connectivity index (χ1v) is 11.3. The molecule has 0 bridgehead atoms. The maximum absolute atomic E-state index is 12.7. The number of amides is 1. The highest BCUT2D eigenvalue weighted by atomic mass is 32.1. The van der Waals surface area contributed by atoms with Crippen LogP contribution in [0.15, 0.2) is 53.9 Å². The van der Waals surface area contributed by atoms with E-state index in [0.29, 0.717) is 10.7 Å². The lowest BCUT2D eigenvalue weighted by Crippen LogP contribution is -2.43. The smallest absolute Gasteiger partial charge is 0.257 e. The molecule has 2 aromatic carbocycles. The zero-order valence-corrected chi connectivity index (χ0v) is 18.6. The van der Waals surface area contributed by atoms with E-state index in [1.165, 1.54) is 16.9 Å². The number of rotatable bonds is 5. The number of anilines is 2. The highest BCUT2D eigenvalue weighted by Crippen LogP contribution is 2.33. The number of aromatic nitrogens is 1.